The minimum atomic E-state index is -0.833. The molecule has 0 aliphatic rings. The van der Waals surface area contributed by atoms with Gasteiger partial charge in [-0.25, -0.2) is 0 Å². The average molecular weight is 375 g/mol. The first kappa shape index (κ1) is 19.2. The second kappa shape index (κ2) is 10.0. The first-order valence-corrected chi connectivity index (χ1v) is 6.34. The van der Waals surface area contributed by atoms with E-state index < -0.39 is 5.97 Å². The zero-order valence-electron chi connectivity index (χ0n) is 12.0. The fourth-order valence-electron chi connectivity index (χ4n) is 1.97. The van der Waals surface area contributed by atoms with E-state index in [0.29, 0.717) is 5.71 Å². The predicted octanol–water partition coefficient (Wildman–Crippen LogP) is 3.94. The van der Waals surface area contributed by atoms with Crippen LogP contribution in [-0.2, 0) is 25.2 Å². The van der Waals surface area contributed by atoms with Crippen LogP contribution in [0.2, 0.25) is 0 Å². The Morgan fingerprint density at radius 1 is 0.905 bits per heavy atom. The molecule has 0 unspecified atom stereocenters. The van der Waals surface area contributed by atoms with Gasteiger partial charge in [0.15, 0.2) is 0 Å². The first-order valence-electron chi connectivity index (χ1n) is 6.34. The normalized spacial score (nSPS) is 9.10. The van der Waals surface area contributed by atoms with Gasteiger partial charge in [-0.05, 0) is 11.1 Å². The summed E-state index contributed by atoms with van der Waals surface area (Å²) in [5, 5.41) is 17.3. The SMILES string of the molecule is CC(=O)O.CC(=[N-])C(c1ccccc1)c1ccccc1.[Pd]. The summed E-state index contributed by atoms with van der Waals surface area (Å²) < 4.78 is 0. The Balaban J connectivity index is 0.000000715. The van der Waals surface area contributed by atoms with Crippen LogP contribution in [0, 0.1) is 0 Å². The van der Waals surface area contributed by atoms with Crippen molar-refractivity contribution >= 4 is 11.7 Å². The summed E-state index contributed by atoms with van der Waals surface area (Å²) in [6, 6.07) is 20.1. The topological polar surface area (TPSA) is 59.6 Å². The van der Waals surface area contributed by atoms with Crippen molar-refractivity contribution in [3.05, 3.63) is 77.2 Å². The van der Waals surface area contributed by atoms with Gasteiger partial charge in [0.25, 0.3) is 5.97 Å². The second-order valence-electron chi connectivity index (χ2n) is 4.41. The van der Waals surface area contributed by atoms with E-state index >= 15 is 0 Å². The predicted molar refractivity (Wildman–Crippen MR) is 82.1 cm³/mol. The van der Waals surface area contributed by atoms with E-state index in [2.05, 4.69) is 0 Å². The smallest absolute Gasteiger partial charge is 0.300 e. The van der Waals surface area contributed by atoms with Crippen molar-refractivity contribution in [3.63, 3.8) is 0 Å². The third-order valence-electron chi connectivity index (χ3n) is 2.68. The molecule has 3 nitrogen and oxygen atoms in total. The summed E-state index contributed by atoms with van der Waals surface area (Å²) in [5.74, 6) is -0.859. The van der Waals surface area contributed by atoms with Gasteiger partial charge >= 0.3 is 0 Å². The molecule has 0 bridgehead atoms. The molecular formula is C17H18NO2Pd-. The number of carboxylic acids is 1. The van der Waals surface area contributed by atoms with E-state index in [4.69, 9.17) is 9.90 Å². The van der Waals surface area contributed by atoms with E-state index in [0.717, 1.165) is 18.1 Å². The number of nitrogens with zero attached hydrogens (tertiary/aromatic N) is 1. The van der Waals surface area contributed by atoms with Crippen molar-refractivity contribution in [3.8, 4) is 0 Å². The third-order valence-corrected chi connectivity index (χ3v) is 2.68. The van der Waals surface area contributed by atoms with Crippen molar-refractivity contribution in [2.75, 3.05) is 0 Å². The Morgan fingerprint density at radius 3 is 1.43 bits per heavy atom. The number of benzene rings is 2. The van der Waals surface area contributed by atoms with Gasteiger partial charge in [-0.3, -0.25) is 4.79 Å². The quantitative estimate of drug-likeness (QED) is 0.653. The summed E-state index contributed by atoms with van der Waals surface area (Å²) in [4.78, 5) is 9.00. The zero-order valence-corrected chi connectivity index (χ0v) is 13.5. The van der Waals surface area contributed by atoms with Crippen molar-refractivity contribution in [1.82, 2.24) is 0 Å². The fourth-order valence-corrected chi connectivity index (χ4v) is 1.97. The van der Waals surface area contributed by atoms with E-state index in [-0.39, 0.29) is 26.3 Å². The fraction of sp³-hybridized carbons (Fsp3) is 0.176. The summed E-state index contributed by atoms with van der Waals surface area (Å²) in [6.45, 7) is 2.84. The average Bonchev–Trinajstić information content (AvgIpc) is 2.40. The molecule has 2 rings (SSSR count). The maximum absolute atomic E-state index is 9.84. The van der Waals surface area contributed by atoms with Gasteiger partial charge in [-0.15, -0.1) is 0 Å². The molecule has 114 valence electrons. The minimum Gasteiger partial charge on any atom is -0.811 e. The molecular weight excluding hydrogens is 357 g/mol. The standard InChI is InChI=1S/C15H14N.C2H4O2.Pd/c1-12(16)15(13-8-4-2-5-9-13)14-10-6-3-7-11-14;1-2(3)4;/h2-11,15H,1H3;1H3,(H,3,4);/q-1;;. The van der Waals surface area contributed by atoms with Crippen LogP contribution < -0.4 is 0 Å². The number of carboxylic acid groups (broad SMARTS) is 1. The summed E-state index contributed by atoms with van der Waals surface area (Å²) in [7, 11) is 0. The molecule has 0 fully saturated rings. The van der Waals surface area contributed by atoms with Crippen molar-refractivity contribution < 1.29 is 30.3 Å². The monoisotopic (exact) mass is 374 g/mol. The van der Waals surface area contributed by atoms with E-state index in [1.165, 1.54) is 0 Å². The van der Waals surface area contributed by atoms with Gasteiger partial charge in [-0.2, -0.15) is 5.71 Å². The largest absolute Gasteiger partial charge is 0.811 e. The van der Waals surface area contributed by atoms with E-state index in [1.807, 2.05) is 60.7 Å². The molecule has 4 heteroatoms. The molecule has 0 radical (unpaired) electrons. The molecule has 1 N–H and O–H groups in total. The Bertz CT molecular complexity index is 512. The molecule has 0 heterocycles. The Kier molecular flexibility index (Phi) is 9.20. The van der Waals surface area contributed by atoms with Crippen LogP contribution in [0.25, 0.3) is 5.41 Å². The van der Waals surface area contributed by atoms with Crippen LogP contribution in [0.15, 0.2) is 60.7 Å². The molecule has 0 aliphatic carbocycles. The minimum absolute atomic E-state index is 0. The van der Waals surface area contributed by atoms with Crippen molar-refractivity contribution in [1.29, 1.82) is 0 Å². The summed E-state index contributed by atoms with van der Waals surface area (Å²) in [5.41, 5.74) is 2.67. The van der Waals surface area contributed by atoms with Gasteiger partial charge in [0.05, 0.1) is 0 Å². The molecule has 0 aromatic heterocycles. The second-order valence-corrected chi connectivity index (χ2v) is 4.41. The van der Waals surface area contributed by atoms with Gasteiger partial charge in [-0.1, -0.05) is 67.6 Å². The Morgan fingerprint density at radius 2 is 1.19 bits per heavy atom. The van der Waals surface area contributed by atoms with Gasteiger partial charge in [0, 0.05) is 33.3 Å². The number of rotatable bonds is 3. The number of hydrogen-bond acceptors (Lipinski definition) is 1. The molecule has 2 aromatic carbocycles. The van der Waals surface area contributed by atoms with Crippen molar-refractivity contribution in [2.24, 2.45) is 0 Å². The van der Waals surface area contributed by atoms with Gasteiger partial charge < -0.3 is 10.5 Å². The van der Waals surface area contributed by atoms with Crippen LogP contribution in [0.1, 0.15) is 30.9 Å². The molecule has 0 amide bonds. The molecule has 0 spiro atoms. The van der Waals surface area contributed by atoms with E-state index in [1.54, 1.807) is 6.92 Å². The molecule has 0 atom stereocenters. The maximum atomic E-state index is 9.84. The number of aliphatic carboxylic acids is 1. The van der Waals surface area contributed by atoms with Gasteiger partial charge in [0.1, 0.15) is 0 Å². The molecule has 21 heavy (non-hydrogen) atoms. The van der Waals surface area contributed by atoms with Crippen LogP contribution in [0.5, 0.6) is 0 Å². The van der Waals surface area contributed by atoms with Crippen LogP contribution in [-0.4, -0.2) is 16.8 Å². The Hall–Kier alpha value is -1.76. The van der Waals surface area contributed by atoms with Crippen LogP contribution in [0.3, 0.4) is 0 Å². The third kappa shape index (κ3) is 6.99. The molecule has 2 aromatic rings. The van der Waals surface area contributed by atoms with Gasteiger partial charge in [0.2, 0.25) is 0 Å². The number of carbonyl (C=O) groups is 1. The zero-order chi connectivity index (χ0) is 15.0. The molecule has 0 saturated heterocycles. The number of hydrogen-bond donors (Lipinski definition) is 1. The summed E-state index contributed by atoms with van der Waals surface area (Å²) in [6.07, 6.45) is 0. The van der Waals surface area contributed by atoms with E-state index in [9.17, 15) is 5.41 Å². The van der Waals surface area contributed by atoms with Crippen molar-refractivity contribution in [2.45, 2.75) is 19.8 Å². The summed E-state index contributed by atoms with van der Waals surface area (Å²) >= 11 is 0. The molecule has 0 saturated carbocycles. The Labute approximate surface area is 139 Å². The van der Waals surface area contributed by atoms with Crippen LogP contribution in [0.4, 0.5) is 0 Å². The first-order chi connectivity index (χ1) is 9.52. The van der Waals surface area contributed by atoms with Crippen LogP contribution >= 0.6 is 0 Å². The molecule has 0 aliphatic heterocycles. The maximum Gasteiger partial charge on any atom is 0.300 e.